The molecule has 1 aromatic rings. The Bertz CT molecular complexity index is 460. The Kier molecular flexibility index (Phi) is 5.17. The second-order valence-electron chi connectivity index (χ2n) is 4.29. The third kappa shape index (κ3) is 4.38. The molecule has 1 rings (SSSR count). The summed E-state index contributed by atoms with van der Waals surface area (Å²) in [4.78, 5) is -0.291. The first kappa shape index (κ1) is 15.8. The fourth-order valence-electron chi connectivity index (χ4n) is 1.75. The Morgan fingerprint density at radius 3 is 2.53 bits per heavy atom. The van der Waals surface area contributed by atoms with Crippen LogP contribution in [0.5, 0.6) is 5.75 Å². The van der Waals surface area contributed by atoms with Crippen LogP contribution < -0.4 is 10.5 Å². The molecule has 0 heterocycles. The molecule has 0 aliphatic rings. The van der Waals surface area contributed by atoms with Crippen molar-refractivity contribution in [1.82, 2.24) is 0 Å². The van der Waals surface area contributed by atoms with Crippen molar-refractivity contribution in [3.8, 4) is 5.75 Å². The van der Waals surface area contributed by atoms with E-state index in [1.54, 1.807) is 0 Å². The second-order valence-corrected chi connectivity index (χ2v) is 4.73. The van der Waals surface area contributed by atoms with Gasteiger partial charge < -0.3 is 10.5 Å². The van der Waals surface area contributed by atoms with E-state index < -0.39 is 11.7 Å². The molecule has 2 N–H and O–H groups in total. The molecule has 0 radical (unpaired) electrons. The van der Waals surface area contributed by atoms with E-state index in [2.05, 4.69) is 12.2 Å². The van der Waals surface area contributed by atoms with Gasteiger partial charge in [-0.05, 0) is 31.5 Å². The molecule has 0 spiro atoms. The largest absolute Gasteiger partial charge is 0.491 e. The smallest absolute Gasteiger partial charge is 0.417 e. The average molecular weight is 291 g/mol. The van der Waals surface area contributed by atoms with Crippen molar-refractivity contribution in [1.29, 1.82) is 0 Å². The summed E-state index contributed by atoms with van der Waals surface area (Å²) in [6, 6.07) is 3.48. The Morgan fingerprint density at radius 1 is 1.42 bits per heavy atom. The van der Waals surface area contributed by atoms with Crippen molar-refractivity contribution in [3.63, 3.8) is 0 Å². The van der Waals surface area contributed by atoms with Gasteiger partial charge in [-0.25, -0.2) is 0 Å². The molecule has 1 atom stereocenters. The number of thiocarbonyl (C=S) groups is 1. The first-order chi connectivity index (χ1) is 8.75. The minimum Gasteiger partial charge on any atom is -0.491 e. The van der Waals surface area contributed by atoms with Gasteiger partial charge in [-0.15, -0.1) is 0 Å². The summed E-state index contributed by atoms with van der Waals surface area (Å²) in [7, 11) is 0. The topological polar surface area (TPSA) is 35.2 Å². The molecule has 19 heavy (non-hydrogen) atoms. The maximum absolute atomic E-state index is 12.8. The Morgan fingerprint density at radius 2 is 2.05 bits per heavy atom. The molecule has 2 nitrogen and oxygen atoms in total. The van der Waals surface area contributed by atoms with Crippen LogP contribution in [-0.2, 0) is 6.18 Å². The van der Waals surface area contributed by atoms with Crippen molar-refractivity contribution >= 4 is 17.2 Å². The van der Waals surface area contributed by atoms with E-state index in [1.807, 2.05) is 13.8 Å². The molecule has 0 bridgehead atoms. The molecule has 0 aromatic heterocycles. The summed E-state index contributed by atoms with van der Waals surface area (Å²) in [5, 5.41) is 0. The van der Waals surface area contributed by atoms with E-state index >= 15 is 0 Å². The van der Waals surface area contributed by atoms with Crippen molar-refractivity contribution in [3.05, 3.63) is 29.3 Å². The van der Waals surface area contributed by atoms with Crippen LogP contribution in [0.1, 0.15) is 37.8 Å². The molecule has 0 saturated carbocycles. The molecule has 106 valence electrons. The van der Waals surface area contributed by atoms with Gasteiger partial charge in [0.2, 0.25) is 0 Å². The number of rotatable bonds is 5. The summed E-state index contributed by atoms with van der Waals surface area (Å²) in [5.41, 5.74) is 4.30. The van der Waals surface area contributed by atoms with Gasteiger partial charge in [0, 0.05) is 5.56 Å². The Labute approximate surface area is 115 Å². The average Bonchev–Trinajstić information content (AvgIpc) is 2.27. The van der Waals surface area contributed by atoms with E-state index in [-0.39, 0.29) is 16.7 Å². The van der Waals surface area contributed by atoms with Crippen molar-refractivity contribution in [2.75, 3.05) is 0 Å². The zero-order valence-electron chi connectivity index (χ0n) is 10.8. The van der Waals surface area contributed by atoms with Gasteiger partial charge in [0.1, 0.15) is 10.7 Å². The highest BCUT2D eigenvalue weighted by Crippen LogP contribution is 2.34. The molecule has 0 aliphatic carbocycles. The third-order valence-electron chi connectivity index (χ3n) is 2.59. The normalized spacial score (nSPS) is 13.1. The first-order valence-electron chi connectivity index (χ1n) is 5.93. The number of hydrogen-bond donors (Lipinski definition) is 1. The summed E-state index contributed by atoms with van der Waals surface area (Å²) in [6.07, 6.45) is -2.79. The lowest BCUT2D eigenvalue weighted by atomic mass is 10.1. The van der Waals surface area contributed by atoms with E-state index in [1.165, 1.54) is 12.1 Å². The second kappa shape index (κ2) is 6.23. The number of nitrogens with two attached hydrogens (primary N) is 1. The van der Waals surface area contributed by atoms with Gasteiger partial charge >= 0.3 is 6.18 Å². The molecular formula is C13H16F3NOS. The minimum absolute atomic E-state index is 0.0686. The molecule has 0 aliphatic heterocycles. The summed E-state index contributed by atoms with van der Waals surface area (Å²) in [5.74, 6) is 0.344. The highest BCUT2D eigenvalue weighted by atomic mass is 32.1. The number of hydrogen-bond acceptors (Lipinski definition) is 2. The lowest BCUT2D eigenvalue weighted by Gasteiger charge is -2.17. The van der Waals surface area contributed by atoms with Crippen LogP contribution in [0.3, 0.4) is 0 Å². The molecule has 0 saturated heterocycles. The van der Waals surface area contributed by atoms with E-state index in [0.29, 0.717) is 5.75 Å². The van der Waals surface area contributed by atoms with Gasteiger partial charge in [-0.3, -0.25) is 0 Å². The van der Waals surface area contributed by atoms with Gasteiger partial charge in [-0.2, -0.15) is 13.2 Å². The number of benzene rings is 1. The van der Waals surface area contributed by atoms with Gasteiger partial charge in [0.15, 0.2) is 0 Å². The highest BCUT2D eigenvalue weighted by molar-refractivity contribution is 7.80. The molecule has 1 unspecified atom stereocenters. The number of halogens is 3. The highest BCUT2D eigenvalue weighted by Gasteiger charge is 2.34. The molecule has 0 fully saturated rings. The van der Waals surface area contributed by atoms with E-state index in [4.69, 9.17) is 10.5 Å². The minimum atomic E-state index is -4.48. The van der Waals surface area contributed by atoms with Crippen LogP contribution in [0.15, 0.2) is 18.2 Å². The van der Waals surface area contributed by atoms with Gasteiger partial charge in [-0.1, -0.05) is 25.6 Å². The summed E-state index contributed by atoms with van der Waals surface area (Å²) >= 11 is 4.67. The van der Waals surface area contributed by atoms with Crippen LogP contribution in [-0.4, -0.2) is 11.1 Å². The maximum atomic E-state index is 12.8. The fraction of sp³-hybridized carbons (Fsp3) is 0.462. The lowest BCUT2D eigenvalue weighted by Crippen LogP contribution is -2.19. The summed E-state index contributed by atoms with van der Waals surface area (Å²) < 4.78 is 43.8. The monoisotopic (exact) mass is 291 g/mol. The standard InChI is InChI=1S/C13H16F3NOS/c1-3-4-8(2)18-9-5-6-11(13(14,15)16)10(7-9)12(17)19/h5-8H,3-4H2,1-2H3,(H2,17,19). The quantitative estimate of drug-likeness (QED) is 0.835. The van der Waals surface area contributed by atoms with Crippen LogP contribution in [0.25, 0.3) is 0 Å². The zero-order chi connectivity index (χ0) is 14.6. The number of alkyl halides is 3. The predicted molar refractivity (Wildman–Crippen MR) is 72.3 cm³/mol. The molecule has 1 aromatic carbocycles. The number of ether oxygens (including phenoxy) is 1. The predicted octanol–water partition coefficient (Wildman–Crippen LogP) is 3.91. The maximum Gasteiger partial charge on any atom is 0.417 e. The Hall–Kier alpha value is -1.30. The summed E-state index contributed by atoms with van der Waals surface area (Å²) in [6.45, 7) is 3.87. The van der Waals surface area contributed by atoms with Crippen LogP contribution in [0, 0.1) is 0 Å². The molecule has 0 amide bonds. The zero-order valence-corrected chi connectivity index (χ0v) is 11.6. The van der Waals surface area contributed by atoms with Crippen molar-refractivity contribution in [2.24, 2.45) is 5.73 Å². The van der Waals surface area contributed by atoms with Crippen LogP contribution >= 0.6 is 12.2 Å². The first-order valence-corrected chi connectivity index (χ1v) is 6.34. The SMILES string of the molecule is CCCC(C)Oc1ccc(C(F)(F)F)c(C(N)=S)c1. The van der Waals surface area contributed by atoms with Crippen LogP contribution in [0.2, 0.25) is 0 Å². The van der Waals surface area contributed by atoms with Crippen LogP contribution in [0.4, 0.5) is 13.2 Å². The van der Waals surface area contributed by atoms with E-state index in [0.717, 1.165) is 18.9 Å². The molecule has 6 heteroatoms. The van der Waals surface area contributed by atoms with E-state index in [9.17, 15) is 13.2 Å². The Balaban J connectivity index is 3.07. The fourth-order valence-corrected chi connectivity index (χ4v) is 1.91. The molecular weight excluding hydrogens is 275 g/mol. The lowest BCUT2D eigenvalue weighted by molar-refractivity contribution is -0.137. The van der Waals surface area contributed by atoms with Crippen molar-refractivity contribution < 1.29 is 17.9 Å². The third-order valence-corrected chi connectivity index (χ3v) is 2.81. The van der Waals surface area contributed by atoms with Crippen molar-refractivity contribution in [2.45, 2.75) is 39.0 Å². The van der Waals surface area contributed by atoms with Gasteiger partial charge in [0.05, 0.1) is 11.7 Å². The van der Waals surface area contributed by atoms with Gasteiger partial charge in [0.25, 0.3) is 0 Å².